The molecule has 2 heterocycles. The van der Waals surface area contributed by atoms with Gasteiger partial charge in [0.15, 0.2) is 12.6 Å². The molecule has 2 aliphatic heterocycles. The number of hydrogen-bond donors (Lipinski definition) is 7. The molecule has 0 spiro atoms. The smallest absolute Gasteiger partial charge is 0.306 e. The number of carbonyl (C=O) groups excluding carboxylic acids is 1. The van der Waals surface area contributed by atoms with Crippen molar-refractivity contribution < 1.29 is 69.0 Å². The van der Waals surface area contributed by atoms with Crippen molar-refractivity contribution in [2.75, 3.05) is 33.0 Å². The summed E-state index contributed by atoms with van der Waals surface area (Å²) in [5, 5.41) is 72.6. The van der Waals surface area contributed by atoms with Crippen LogP contribution in [0.15, 0.2) is 36.5 Å². The van der Waals surface area contributed by atoms with Crippen LogP contribution in [0.1, 0.15) is 284 Å². The molecule has 2 fully saturated rings. The summed E-state index contributed by atoms with van der Waals surface area (Å²) in [6.45, 7) is 3.73. The van der Waals surface area contributed by atoms with Gasteiger partial charge in [-0.2, -0.15) is 0 Å². The molecule has 11 unspecified atom stereocenters. The number of aliphatic hydroxyl groups excluding tert-OH is 7. The number of rotatable bonds is 56. The average molecular weight is 1150 g/mol. The summed E-state index contributed by atoms with van der Waals surface area (Å²) in [5.74, 6) is -0.378. The van der Waals surface area contributed by atoms with Crippen molar-refractivity contribution in [2.24, 2.45) is 0 Å². The Hall–Kier alpha value is -1.79. The van der Waals surface area contributed by atoms with E-state index < -0.39 is 80.7 Å². The number of ether oxygens (including phenoxy) is 6. The van der Waals surface area contributed by atoms with E-state index in [-0.39, 0.29) is 25.6 Å². The third-order valence-corrected chi connectivity index (χ3v) is 16.2. The lowest BCUT2D eigenvalue weighted by Crippen LogP contribution is -2.61. The van der Waals surface area contributed by atoms with Gasteiger partial charge in [0.2, 0.25) is 0 Å². The number of carbonyl (C=O) groups is 1. The standard InChI is InChI=1S/C67H124O14/c1-3-5-7-9-11-13-15-17-19-21-23-25-27-29-31-33-35-37-39-41-43-45-47-49-51-76-53-56(54-77-66-65(75)63(73)61(71)58(81-66)55-78-67-64(74)62(72)60(70)57(52-68)80-67)79-59(69)50-48-46-44-42-40-38-36-34-32-30-28-26-24-22-20-18-16-14-12-10-8-6-4-2/h16,18,22,24,28,30,56-58,60-68,70-75H,3-15,17,19-21,23,25-27,29,31-55H2,1-2H3/b18-16-,24-22-,30-28-. The van der Waals surface area contributed by atoms with Crippen molar-refractivity contribution in [2.45, 2.75) is 351 Å². The zero-order chi connectivity index (χ0) is 58.6. The third kappa shape index (κ3) is 39.5. The molecule has 11 atom stereocenters. The summed E-state index contributed by atoms with van der Waals surface area (Å²) >= 11 is 0. The van der Waals surface area contributed by atoms with Gasteiger partial charge >= 0.3 is 5.97 Å². The predicted octanol–water partition coefficient (Wildman–Crippen LogP) is 13.6. The summed E-state index contributed by atoms with van der Waals surface area (Å²) in [5.41, 5.74) is 0. The lowest BCUT2D eigenvalue weighted by atomic mass is 9.98. The third-order valence-electron chi connectivity index (χ3n) is 16.2. The maximum absolute atomic E-state index is 13.1. The van der Waals surface area contributed by atoms with E-state index in [9.17, 15) is 40.5 Å². The molecule has 0 saturated carbocycles. The number of unbranched alkanes of at least 4 members (excludes halogenated alkanes) is 36. The molecule has 0 aromatic rings. The van der Waals surface area contributed by atoms with Crippen molar-refractivity contribution in [3.8, 4) is 0 Å². The first-order valence-electron chi connectivity index (χ1n) is 33.6. The second-order valence-electron chi connectivity index (χ2n) is 23.7. The molecule has 0 aliphatic carbocycles. The van der Waals surface area contributed by atoms with Crippen molar-refractivity contribution in [3.05, 3.63) is 36.5 Å². The van der Waals surface area contributed by atoms with Gasteiger partial charge in [-0.1, -0.05) is 262 Å². The Morgan fingerprint density at radius 3 is 1.20 bits per heavy atom. The van der Waals surface area contributed by atoms with E-state index in [1.807, 2.05) is 0 Å². The summed E-state index contributed by atoms with van der Waals surface area (Å²) < 4.78 is 34.5. The van der Waals surface area contributed by atoms with Crippen LogP contribution < -0.4 is 0 Å². The molecular formula is C67H124O14. The van der Waals surface area contributed by atoms with Crippen LogP contribution in [0.25, 0.3) is 0 Å². The number of esters is 1. The fraction of sp³-hybridized carbons (Fsp3) is 0.896. The first-order valence-corrected chi connectivity index (χ1v) is 33.6. The van der Waals surface area contributed by atoms with Gasteiger partial charge in [-0.05, 0) is 51.4 Å². The predicted molar refractivity (Wildman–Crippen MR) is 326 cm³/mol. The Kier molecular flexibility index (Phi) is 49.9. The fourth-order valence-corrected chi connectivity index (χ4v) is 10.8. The fourth-order valence-electron chi connectivity index (χ4n) is 10.8. The van der Waals surface area contributed by atoms with E-state index in [2.05, 4.69) is 50.3 Å². The summed E-state index contributed by atoms with van der Waals surface area (Å²) in [6, 6.07) is 0. The summed E-state index contributed by atoms with van der Waals surface area (Å²) in [7, 11) is 0. The largest absolute Gasteiger partial charge is 0.457 e. The van der Waals surface area contributed by atoms with Crippen LogP contribution in [0.4, 0.5) is 0 Å². The van der Waals surface area contributed by atoms with Crippen LogP contribution in [0.2, 0.25) is 0 Å². The van der Waals surface area contributed by atoms with Gasteiger partial charge in [0.25, 0.3) is 0 Å². The SMILES string of the molecule is CCCCCCC/C=C\C/C=C\C/C=C\CCCCCCCCCCC(=O)OC(COCCCCCCCCCCCCCCCCCCCCCCCCCC)COC1OC(COC2OC(CO)C(O)C(O)C2O)C(O)C(O)C1O. The van der Waals surface area contributed by atoms with Crippen molar-refractivity contribution in [1.29, 1.82) is 0 Å². The Morgan fingerprint density at radius 1 is 0.407 bits per heavy atom. The highest BCUT2D eigenvalue weighted by Gasteiger charge is 2.47. The molecule has 14 heteroatoms. The highest BCUT2D eigenvalue weighted by Crippen LogP contribution is 2.27. The lowest BCUT2D eigenvalue weighted by Gasteiger charge is -2.42. The normalized spacial score (nSPS) is 23.9. The van der Waals surface area contributed by atoms with Crippen molar-refractivity contribution in [1.82, 2.24) is 0 Å². The molecule has 476 valence electrons. The quantitative estimate of drug-likeness (QED) is 0.0171. The Bertz CT molecular complexity index is 1480. The summed E-state index contributed by atoms with van der Waals surface area (Å²) in [6.07, 6.45) is 49.3. The molecule has 0 aromatic carbocycles. The average Bonchev–Trinajstić information content (AvgIpc) is 3.46. The van der Waals surface area contributed by atoms with Gasteiger partial charge < -0.3 is 64.2 Å². The lowest BCUT2D eigenvalue weighted by molar-refractivity contribution is -0.332. The molecular weight excluding hydrogens is 1030 g/mol. The van der Waals surface area contributed by atoms with Gasteiger partial charge in [-0.25, -0.2) is 0 Å². The van der Waals surface area contributed by atoms with Crippen LogP contribution in [-0.4, -0.2) is 142 Å². The van der Waals surface area contributed by atoms with Crippen LogP contribution in [0, 0.1) is 0 Å². The zero-order valence-corrected chi connectivity index (χ0v) is 51.5. The number of aliphatic hydroxyl groups is 7. The van der Waals surface area contributed by atoms with E-state index in [4.69, 9.17) is 28.4 Å². The molecule has 2 saturated heterocycles. The van der Waals surface area contributed by atoms with E-state index in [0.29, 0.717) is 13.0 Å². The summed E-state index contributed by atoms with van der Waals surface area (Å²) in [4.78, 5) is 13.1. The van der Waals surface area contributed by atoms with E-state index in [0.717, 1.165) is 57.8 Å². The van der Waals surface area contributed by atoms with Gasteiger partial charge in [0.05, 0.1) is 26.4 Å². The van der Waals surface area contributed by atoms with Crippen LogP contribution in [-0.2, 0) is 33.2 Å². The van der Waals surface area contributed by atoms with Crippen LogP contribution in [0.3, 0.4) is 0 Å². The molecule has 0 radical (unpaired) electrons. The van der Waals surface area contributed by atoms with E-state index in [1.54, 1.807) is 0 Å². The second kappa shape index (κ2) is 53.7. The highest BCUT2D eigenvalue weighted by atomic mass is 16.7. The van der Waals surface area contributed by atoms with Crippen LogP contribution >= 0.6 is 0 Å². The Labute approximate surface area is 493 Å². The second-order valence-corrected chi connectivity index (χ2v) is 23.7. The minimum atomic E-state index is -1.71. The van der Waals surface area contributed by atoms with Gasteiger partial charge in [-0.15, -0.1) is 0 Å². The van der Waals surface area contributed by atoms with Crippen LogP contribution in [0.5, 0.6) is 0 Å². The molecule has 2 aliphatic rings. The maximum Gasteiger partial charge on any atom is 0.306 e. The zero-order valence-electron chi connectivity index (χ0n) is 51.5. The minimum absolute atomic E-state index is 0.0623. The molecule has 0 amide bonds. The maximum atomic E-state index is 13.1. The Morgan fingerprint density at radius 2 is 0.765 bits per heavy atom. The Balaban J connectivity index is 1.66. The first-order chi connectivity index (χ1) is 39.6. The van der Waals surface area contributed by atoms with Crippen molar-refractivity contribution >= 4 is 5.97 Å². The van der Waals surface area contributed by atoms with E-state index in [1.165, 1.54) is 199 Å². The molecule has 0 bridgehead atoms. The van der Waals surface area contributed by atoms with Gasteiger partial charge in [0.1, 0.15) is 54.9 Å². The molecule has 81 heavy (non-hydrogen) atoms. The molecule has 2 rings (SSSR count). The number of hydrogen-bond acceptors (Lipinski definition) is 14. The molecule has 14 nitrogen and oxygen atoms in total. The first kappa shape index (κ1) is 75.3. The molecule has 7 N–H and O–H groups in total. The topological polar surface area (TPSA) is 214 Å². The van der Waals surface area contributed by atoms with Gasteiger partial charge in [0, 0.05) is 13.0 Å². The number of allylic oxidation sites excluding steroid dienone is 6. The minimum Gasteiger partial charge on any atom is -0.457 e. The van der Waals surface area contributed by atoms with E-state index >= 15 is 0 Å². The monoisotopic (exact) mass is 1150 g/mol. The van der Waals surface area contributed by atoms with Gasteiger partial charge in [-0.3, -0.25) is 4.79 Å². The highest BCUT2D eigenvalue weighted by molar-refractivity contribution is 5.69. The van der Waals surface area contributed by atoms with Crippen molar-refractivity contribution in [3.63, 3.8) is 0 Å². The molecule has 0 aromatic heterocycles.